The number of carbonyl (C=O) groups is 1. The molecule has 0 radical (unpaired) electrons. The Morgan fingerprint density at radius 2 is 1.64 bits per heavy atom. The molecule has 0 aromatic heterocycles. The van der Waals surface area contributed by atoms with E-state index in [-0.39, 0.29) is 12.1 Å². The summed E-state index contributed by atoms with van der Waals surface area (Å²) in [5.41, 5.74) is 3.33. The lowest BCUT2D eigenvalue weighted by Crippen LogP contribution is -2.21. The Kier molecular flexibility index (Phi) is 4.89. The number of hydrogen-bond acceptors (Lipinski definition) is 2. The summed E-state index contributed by atoms with van der Waals surface area (Å²) in [7, 11) is 0. The van der Waals surface area contributed by atoms with Gasteiger partial charge in [-0.15, -0.1) is 0 Å². The largest absolute Gasteiger partial charge is 0.462 e. The quantitative estimate of drug-likeness (QED) is 0.759. The van der Waals surface area contributed by atoms with Crippen LogP contribution in [0.3, 0.4) is 0 Å². The molecular formula is C20H22O2. The lowest BCUT2D eigenvalue weighted by Gasteiger charge is -2.21. The van der Waals surface area contributed by atoms with E-state index in [0.29, 0.717) is 6.42 Å². The molecule has 0 atom stereocenters. The minimum Gasteiger partial charge on any atom is -0.462 e. The Bertz CT molecular complexity index is 613. The van der Waals surface area contributed by atoms with Gasteiger partial charge in [0.25, 0.3) is 0 Å². The van der Waals surface area contributed by atoms with E-state index in [1.807, 2.05) is 30.3 Å². The van der Waals surface area contributed by atoms with Crippen molar-refractivity contribution in [1.29, 1.82) is 0 Å². The van der Waals surface area contributed by atoms with Gasteiger partial charge in [0.2, 0.25) is 0 Å². The summed E-state index contributed by atoms with van der Waals surface area (Å²) in [6.07, 6.45) is 6.18. The Hall–Kier alpha value is -2.09. The van der Waals surface area contributed by atoms with Gasteiger partial charge < -0.3 is 4.74 Å². The molecule has 2 nitrogen and oxygen atoms in total. The third-order valence-electron chi connectivity index (χ3n) is 4.23. The minimum absolute atomic E-state index is 0.0999. The molecule has 2 aromatic rings. The van der Waals surface area contributed by atoms with Gasteiger partial charge in [-0.25, -0.2) is 0 Å². The summed E-state index contributed by atoms with van der Waals surface area (Å²) < 4.78 is 5.60. The fraction of sp³-hybridized carbons (Fsp3) is 0.350. The van der Waals surface area contributed by atoms with Crippen LogP contribution in [0.15, 0.2) is 54.6 Å². The van der Waals surface area contributed by atoms with E-state index in [9.17, 15) is 4.79 Å². The average molecular weight is 294 g/mol. The van der Waals surface area contributed by atoms with Crippen molar-refractivity contribution in [3.63, 3.8) is 0 Å². The van der Waals surface area contributed by atoms with Crippen LogP contribution in [0.1, 0.15) is 37.7 Å². The molecule has 0 heterocycles. The molecule has 0 aliphatic heterocycles. The predicted octanol–water partition coefficient (Wildman–Crippen LogP) is 4.77. The standard InChI is InChI=1S/C20H22O2/c21-20(22-19-12-5-2-6-13-19)15-16-8-7-11-18(14-16)17-9-3-1-4-10-17/h1,3-4,7-11,14,19H,2,5-6,12-13,15H2. The van der Waals surface area contributed by atoms with Gasteiger partial charge in [-0.3, -0.25) is 4.79 Å². The summed E-state index contributed by atoms with van der Waals surface area (Å²) in [4.78, 5) is 12.1. The van der Waals surface area contributed by atoms with Crippen LogP contribution < -0.4 is 0 Å². The summed E-state index contributed by atoms with van der Waals surface area (Å²) in [5, 5.41) is 0. The van der Waals surface area contributed by atoms with Crippen molar-refractivity contribution in [3.8, 4) is 11.1 Å². The highest BCUT2D eigenvalue weighted by Crippen LogP contribution is 2.22. The molecule has 1 saturated carbocycles. The summed E-state index contributed by atoms with van der Waals surface area (Å²) in [5.74, 6) is -0.0999. The Balaban J connectivity index is 1.64. The third kappa shape index (κ3) is 3.97. The normalized spacial score (nSPS) is 15.5. The van der Waals surface area contributed by atoms with Gasteiger partial charge in [0.05, 0.1) is 6.42 Å². The zero-order valence-corrected chi connectivity index (χ0v) is 12.8. The van der Waals surface area contributed by atoms with E-state index in [2.05, 4.69) is 24.3 Å². The number of ether oxygens (including phenoxy) is 1. The van der Waals surface area contributed by atoms with Gasteiger partial charge in [0.15, 0.2) is 0 Å². The van der Waals surface area contributed by atoms with Crippen LogP contribution in [-0.2, 0) is 16.0 Å². The fourth-order valence-corrected chi connectivity index (χ4v) is 3.07. The molecule has 0 N–H and O–H groups in total. The van der Waals surface area contributed by atoms with E-state index in [1.165, 1.54) is 24.8 Å². The molecule has 0 spiro atoms. The van der Waals surface area contributed by atoms with E-state index >= 15 is 0 Å². The van der Waals surface area contributed by atoms with Gasteiger partial charge >= 0.3 is 5.97 Å². The van der Waals surface area contributed by atoms with Crippen molar-refractivity contribution >= 4 is 5.97 Å². The molecule has 0 saturated heterocycles. The highest BCUT2D eigenvalue weighted by atomic mass is 16.5. The molecule has 2 heteroatoms. The second-order valence-corrected chi connectivity index (χ2v) is 5.99. The van der Waals surface area contributed by atoms with Crippen LogP contribution >= 0.6 is 0 Å². The maximum atomic E-state index is 12.1. The second kappa shape index (κ2) is 7.26. The van der Waals surface area contributed by atoms with Gasteiger partial charge in [0, 0.05) is 0 Å². The van der Waals surface area contributed by atoms with Crippen molar-refractivity contribution in [2.24, 2.45) is 0 Å². The number of esters is 1. The van der Waals surface area contributed by atoms with Crippen LogP contribution in [0.5, 0.6) is 0 Å². The maximum absolute atomic E-state index is 12.1. The first-order valence-electron chi connectivity index (χ1n) is 8.15. The van der Waals surface area contributed by atoms with Crippen LogP contribution in [-0.4, -0.2) is 12.1 Å². The lowest BCUT2D eigenvalue weighted by atomic mass is 9.97. The molecule has 0 bridgehead atoms. The molecule has 3 rings (SSSR count). The van der Waals surface area contributed by atoms with E-state index in [1.54, 1.807) is 0 Å². The van der Waals surface area contributed by atoms with Crippen molar-refractivity contribution in [2.45, 2.75) is 44.6 Å². The molecule has 1 aliphatic rings. The molecular weight excluding hydrogens is 272 g/mol. The number of benzene rings is 2. The first-order chi connectivity index (χ1) is 10.8. The summed E-state index contributed by atoms with van der Waals surface area (Å²) in [6.45, 7) is 0. The highest BCUT2D eigenvalue weighted by molar-refractivity contribution is 5.74. The molecule has 0 amide bonds. The number of carbonyl (C=O) groups excluding carboxylic acids is 1. The lowest BCUT2D eigenvalue weighted by molar-refractivity contribution is -0.149. The SMILES string of the molecule is O=C(Cc1cccc(-c2ccccc2)c1)OC1CCCCC1. The second-order valence-electron chi connectivity index (χ2n) is 5.99. The number of hydrogen-bond donors (Lipinski definition) is 0. The van der Waals surface area contributed by atoms with Crippen molar-refractivity contribution < 1.29 is 9.53 Å². The van der Waals surface area contributed by atoms with E-state index in [4.69, 9.17) is 4.74 Å². The van der Waals surface area contributed by atoms with Crippen molar-refractivity contribution in [1.82, 2.24) is 0 Å². The molecule has 114 valence electrons. The van der Waals surface area contributed by atoms with E-state index in [0.717, 1.165) is 24.0 Å². The third-order valence-corrected chi connectivity index (χ3v) is 4.23. The van der Waals surface area contributed by atoms with Gasteiger partial charge in [0.1, 0.15) is 6.10 Å². The zero-order chi connectivity index (χ0) is 15.2. The van der Waals surface area contributed by atoms with Gasteiger partial charge in [-0.1, -0.05) is 61.0 Å². The predicted molar refractivity (Wildman–Crippen MR) is 88.5 cm³/mol. The van der Waals surface area contributed by atoms with Crippen LogP contribution in [0, 0.1) is 0 Å². The van der Waals surface area contributed by atoms with Crippen LogP contribution in [0.2, 0.25) is 0 Å². The highest BCUT2D eigenvalue weighted by Gasteiger charge is 2.17. The van der Waals surface area contributed by atoms with Gasteiger partial charge in [-0.05, 0) is 42.4 Å². The monoisotopic (exact) mass is 294 g/mol. The average Bonchev–Trinajstić information content (AvgIpc) is 2.57. The molecule has 22 heavy (non-hydrogen) atoms. The topological polar surface area (TPSA) is 26.3 Å². The smallest absolute Gasteiger partial charge is 0.310 e. The Morgan fingerprint density at radius 1 is 0.909 bits per heavy atom. The van der Waals surface area contributed by atoms with Crippen molar-refractivity contribution in [3.05, 3.63) is 60.2 Å². The summed E-state index contributed by atoms with van der Waals surface area (Å²) in [6, 6.07) is 18.4. The first kappa shape index (κ1) is 14.8. The Labute approximate surface area is 132 Å². The Morgan fingerprint density at radius 3 is 2.41 bits per heavy atom. The zero-order valence-electron chi connectivity index (χ0n) is 12.8. The molecule has 0 unspecified atom stereocenters. The van der Waals surface area contributed by atoms with Crippen molar-refractivity contribution in [2.75, 3.05) is 0 Å². The molecule has 1 aliphatic carbocycles. The fourth-order valence-electron chi connectivity index (χ4n) is 3.07. The molecule has 1 fully saturated rings. The maximum Gasteiger partial charge on any atom is 0.310 e. The number of rotatable bonds is 4. The summed E-state index contributed by atoms with van der Waals surface area (Å²) >= 11 is 0. The first-order valence-corrected chi connectivity index (χ1v) is 8.15. The minimum atomic E-state index is -0.0999. The van der Waals surface area contributed by atoms with Crippen LogP contribution in [0.4, 0.5) is 0 Å². The van der Waals surface area contributed by atoms with Gasteiger partial charge in [-0.2, -0.15) is 0 Å². The van der Waals surface area contributed by atoms with Crippen LogP contribution in [0.25, 0.3) is 11.1 Å². The van der Waals surface area contributed by atoms with E-state index < -0.39 is 0 Å². The molecule has 2 aromatic carbocycles.